The van der Waals surface area contributed by atoms with Crippen LogP contribution < -0.4 is 4.74 Å². The number of aliphatic hydroxyl groups is 1. The highest BCUT2D eigenvalue weighted by molar-refractivity contribution is 5.58. The van der Waals surface area contributed by atoms with E-state index in [0.717, 1.165) is 56.7 Å². The lowest BCUT2D eigenvalue weighted by Crippen LogP contribution is -2.74. The fourth-order valence-electron chi connectivity index (χ4n) is 7.30. The quantitative estimate of drug-likeness (QED) is 0.471. The van der Waals surface area contributed by atoms with Crippen LogP contribution >= 0.6 is 0 Å². The Morgan fingerprint density at radius 3 is 2.72 bits per heavy atom. The average molecular weight is 446 g/mol. The van der Waals surface area contributed by atoms with Crippen molar-refractivity contribution in [3.63, 3.8) is 0 Å². The van der Waals surface area contributed by atoms with Gasteiger partial charge in [0.25, 0.3) is 0 Å². The van der Waals surface area contributed by atoms with Gasteiger partial charge in [-0.25, -0.2) is 0 Å². The first kappa shape index (κ1) is 22.5. The van der Waals surface area contributed by atoms with Crippen LogP contribution in [0.15, 0.2) is 12.1 Å². The Morgan fingerprint density at radius 2 is 1.97 bits per heavy atom. The molecule has 1 unspecified atom stereocenters. The topological polar surface area (TPSA) is 71.4 Å². The first-order valence-electron chi connectivity index (χ1n) is 12.5. The van der Waals surface area contributed by atoms with Gasteiger partial charge in [0.05, 0.1) is 18.8 Å². The predicted octanol–water partition coefficient (Wildman–Crippen LogP) is 3.61. The summed E-state index contributed by atoms with van der Waals surface area (Å²) in [7, 11) is 1.64. The molecule has 6 heteroatoms. The summed E-state index contributed by atoms with van der Waals surface area (Å²) < 4.78 is 16.3. The third kappa shape index (κ3) is 3.37. The molecule has 2 saturated carbocycles. The van der Waals surface area contributed by atoms with Gasteiger partial charge in [0.1, 0.15) is 0 Å². The normalized spacial score (nSPS) is 34.5. The van der Waals surface area contributed by atoms with E-state index in [1.807, 2.05) is 6.07 Å². The van der Waals surface area contributed by atoms with Crippen LogP contribution in [0.2, 0.25) is 0 Å². The molecule has 0 amide bonds. The van der Waals surface area contributed by atoms with Crippen molar-refractivity contribution in [2.24, 2.45) is 11.8 Å². The van der Waals surface area contributed by atoms with Crippen LogP contribution in [0, 0.1) is 11.8 Å². The van der Waals surface area contributed by atoms with E-state index in [-0.39, 0.29) is 18.6 Å². The van der Waals surface area contributed by atoms with Gasteiger partial charge < -0.3 is 24.4 Å². The van der Waals surface area contributed by atoms with Crippen molar-refractivity contribution in [3.8, 4) is 11.5 Å². The molecule has 0 spiro atoms. The maximum Gasteiger partial charge on any atom is 0.189 e. The number of piperidine rings is 1. The standard InChI is InChI=1S/C26H39NO5/c1-18-5-4-10-26(29)22-15-20-8-9-21(32-17-31-14-13-30-2)24(28)23(20)25(18,26)11-12-27(22)16-19-6-3-7-19/h8-9,18-19,22,28-29H,3-7,10-17H2,1-2H3/t18?,22-,25-,26-/m1/s1. The molecule has 4 atom stereocenters. The predicted molar refractivity (Wildman–Crippen MR) is 122 cm³/mol. The zero-order valence-electron chi connectivity index (χ0n) is 19.6. The molecule has 32 heavy (non-hydrogen) atoms. The number of hydrogen-bond acceptors (Lipinski definition) is 6. The van der Waals surface area contributed by atoms with Crippen molar-refractivity contribution < 1.29 is 24.4 Å². The second-order valence-corrected chi connectivity index (χ2v) is 10.6. The van der Waals surface area contributed by atoms with E-state index in [2.05, 4.69) is 17.9 Å². The minimum absolute atomic E-state index is 0.0698. The maximum absolute atomic E-state index is 12.4. The van der Waals surface area contributed by atoms with Gasteiger partial charge in [-0.1, -0.05) is 25.8 Å². The van der Waals surface area contributed by atoms with Crippen LogP contribution in [0.1, 0.15) is 63.0 Å². The number of fused-ring (bicyclic) bond motifs is 1. The Bertz CT molecular complexity index is 827. The Morgan fingerprint density at radius 1 is 1.12 bits per heavy atom. The van der Waals surface area contributed by atoms with Crippen molar-refractivity contribution in [2.75, 3.05) is 40.2 Å². The lowest BCUT2D eigenvalue weighted by molar-refractivity contribution is -0.186. The van der Waals surface area contributed by atoms with Crippen LogP contribution in [-0.2, 0) is 21.3 Å². The van der Waals surface area contributed by atoms with Crippen LogP contribution in [0.3, 0.4) is 0 Å². The van der Waals surface area contributed by atoms with Crippen molar-refractivity contribution >= 4 is 0 Å². The van der Waals surface area contributed by atoms with E-state index >= 15 is 0 Å². The van der Waals surface area contributed by atoms with Gasteiger partial charge in [0.2, 0.25) is 0 Å². The van der Waals surface area contributed by atoms with Gasteiger partial charge in [0.15, 0.2) is 18.3 Å². The third-order valence-electron chi connectivity index (χ3n) is 9.13. The van der Waals surface area contributed by atoms with E-state index in [4.69, 9.17) is 14.2 Å². The Kier molecular flexibility index (Phi) is 6.16. The summed E-state index contributed by atoms with van der Waals surface area (Å²) in [5.41, 5.74) is 0.906. The fourth-order valence-corrected chi connectivity index (χ4v) is 7.30. The molecule has 0 aromatic heterocycles. The monoisotopic (exact) mass is 445 g/mol. The molecular weight excluding hydrogens is 406 g/mol. The van der Waals surface area contributed by atoms with Gasteiger partial charge in [-0.3, -0.25) is 4.90 Å². The lowest BCUT2D eigenvalue weighted by atomic mass is 9.46. The number of nitrogens with zero attached hydrogens (tertiary/aromatic N) is 1. The van der Waals surface area contributed by atoms with Gasteiger partial charge in [-0.15, -0.1) is 0 Å². The molecule has 6 nitrogen and oxygen atoms in total. The highest BCUT2D eigenvalue weighted by atomic mass is 16.7. The summed E-state index contributed by atoms with van der Waals surface area (Å²) in [4.78, 5) is 2.59. The number of benzene rings is 1. The summed E-state index contributed by atoms with van der Waals surface area (Å²) in [6, 6.07) is 4.12. The van der Waals surface area contributed by atoms with E-state index in [0.29, 0.717) is 24.9 Å². The first-order valence-corrected chi connectivity index (χ1v) is 12.5. The number of likely N-dealkylation sites (tertiary alicyclic amines) is 1. The van der Waals surface area contributed by atoms with E-state index in [1.165, 1.54) is 24.8 Å². The molecule has 1 aromatic carbocycles. The number of phenolic OH excluding ortho intramolecular Hbond substituents is 1. The van der Waals surface area contributed by atoms with E-state index in [9.17, 15) is 10.2 Å². The molecule has 1 aliphatic heterocycles. The zero-order valence-corrected chi connectivity index (χ0v) is 19.6. The molecule has 1 saturated heterocycles. The van der Waals surface area contributed by atoms with Crippen LogP contribution in [0.25, 0.3) is 0 Å². The van der Waals surface area contributed by atoms with Gasteiger partial charge in [0, 0.05) is 30.7 Å². The fraction of sp³-hybridized carbons (Fsp3) is 0.769. The minimum Gasteiger partial charge on any atom is -0.504 e. The molecule has 3 aliphatic carbocycles. The van der Waals surface area contributed by atoms with Crippen molar-refractivity contribution in [2.45, 2.75) is 75.3 Å². The Balaban J connectivity index is 1.49. The largest absolute Gasteiger partial charge is 0.504 e. The summed E-state index contributed by atoms with van der Waals surface area (Å²) in [5, 5.41) is 23.9. The number of aromatic hydroxyl groups is 1. The molecule has 2 bridgehead atoms. The van der Waals surface area contributed by atoms with Crippen LogP contribution in [-0.4, -0.2) is 67.0 Å². The van der Waals surface area contributed by atoms with Crippen molar-refractivity contribution in [1.82, 2.24) is 4.90 Å². The minimum atomic E-state index is -0.801. The number of hydrogen-bond donors (Lipinski definition) is 2. The molecular formula is C26H39NO5. The highest BCUT2D eigenvalue weighted by Gasteiger charge is 2.66. The molecule has 178 valence electrons. The molecule has 1 heterocycles. The van der Waals surface area contributed by atoms with Gasteiger partial charge in [-0.2, -0.15) is 0 Å². The van der Waals surface area contributed by atoms with Crippen molar-refractivity contribution in [3.05, 3.63) is 23.3 Å². The second kappa shape index (κ2) is 8.79. The Hall–Kier alpha value is -1.34. The molecule has 4 aliphatic rings. The Labute approximate surface area is 191 Å². The number of methoxy groups -OCH3 is 1. The number of rotatable bonds is 8. The molecule has 0 radical (unpaired) electrons. The maximum atomic E-state index is 12.4. The average Bonchev–Trinajstić information content (AvgIpc) is 2.73. The smallest absolute Gasteiger partial charge is 0.189 e. The van der Waals surface area contributed by atoms with Gasteiger partial charge in [-0.05, 0) is 68.5 Å². The molecule has 2 N–H and O–H groups in total. The summed E-state index contributed by atoms with van der Waals surface area (Å²) in [5.74, 6) is 1.76. The van der Waals surface area contributed by atoms with E-state index in [1.54, 1.807) is 7.11 Å². The van der Waals surface area contributed by atoms with Crippen molar-refractivity contribution in [1.29, 1.82) is 0 Å². The second-order valence-electron chi connectivity index (χ2n) is 10.6. The SMILES string of the molecule is COCCOCOc1ccc2c(c1O)[C@]13CCN(CC4CCC4)[C@H](C2)[C@]1(O)CCCC3C. The summed E-state index contributed by atoms with van der Waals surface area (Å²) in [6.07, 6.45) is 8.64. The van der Waals surface area contributed by atoms with E-state index < -0.39 is 11.0 Å². The lowest BCUT2D eigenvalue weighted by Gasteiger charge is -2.66. The summed E-state index contributed by atoms with van der Waals surface area (Å²) in [6.45, 7) is 5.41. The molecule has 3 fully saturated rings. The molecule has 5 rings (SSSR count). The zero-order chi connectivity index (χ0) is 22.3. The molecule has 1 aromatic rings. The van der Waals surface area contributed by atoms with Crippen LogP contribution in [0.5, 0.6) is 11.5 Å². The van der Waals surface area contributed by atoms with Gasteiger partial charge >= 0.3 is 0 Å². The van der Waals surface area contributed by atoms with Crippen LogP contribution in [0.4, 0.5) is 0 Å². The first-order chi connectivity index (χ1) is 15.5. The number of phenols is 1. The highest BCUT2D eigenvalue weighted by Crippen LogP contribution is 2.63. The summed E-state index contributed by atoms with van der Waals surface area (Å²) >= 11 is 0. The third-order valence-corrected chi connectivity index (χ3v) is 9.13. The number of ether oxygens (including phenoxy) is 3.